The Balaban J connectivity index is 3.94. The van der Waals surface area contributed by atoms with Crippen LogP contribution in [0.1, 0.15) is 0 Å². The molecular formula is C4H7F2NO3. The minimum Gasteiger partial charge on any atom is -0.480 e. The van der Waals surface area contributed by atoms with E-state index in [1.807, 2.05) is 0 Å². The summed E-state index contributed by atoms with van der Waals surface area (Å²) in [5.74, 6) is -1.65. The summed E-state index contributed by atoms with van der Waals surface area (Å²) in [6.07, 6.45) is -5.41. The van der Waals surface area contributed by atoms with Crippen LogP contribution in [0.4, 0.5) is 8.78 Å². The van der Waals surface area contributed by atoms with Gasteiger partial charge in [-0.3, -0.25) is 4.79 Å². The largest absolute Gasteiger partial charge is 0.480 e. The van der Waals surface area contributed by atoms with Gasteiger partial charge >= 0.3 is 5.97 Å². The van der Waals surface area contributed by atoms with E-state index in [1.54, 1.807) is 0 Å². The van der Waals surface area contributed by atoms with E-state index in [2.05, 4.69) is 5.73 Å². The molecule has 0 aliphatic rings. The van der Waals surface area contributed by atoms with Crippen LogP contribution < -0.4 is 5.73 Å². The van der Waals surface area contributed by atoms with Gasteiger partial charge in [-0.2, -0.15) is 0 Å². The van der Waals surface area contributed by atoms with Gasteiger partial charge in [0, 0.05) is 0 Å². The summed E-state index contributed by atoms with van der Waals surface area (Å²) < 4.78 is 22.9. The van der Waals surface area contributed by atoms with Crippen LogP contribution in [-0.4, -0.2) is 34.8 Å². The van der Waals surface area contributed by atoms with Crippen LogP contribution in [-0.2, 0) is 4.79 Å². The van der Waals surface area contributed by atoms with E-state index in [-0.39, 0.29) is 0 Å². The Bertz CT molecular complexity index is 130. The zero-order valence-electron chi connectivity index (χ0n) is 4.87. The Morgan fingerprint density at radius 2 is 1.90 bits per heavy atom. The second kappa shape index (κ2) is 3.43. The van der Waals surface area contributed by atoms with Crippen molar-refractivity contribution in [2.24, 2.45) is 5.73 Å². The van der Waals surface area contributed by atoms with Gasteiger partial charge in [0.2, 0.25) is 0 Å². The van der Waals surface area contributed by atoms with Crippen LogP contribution >= 0.6 is 0 Å². The lowest BCUT2D eigenvalue weighted by Crippen LogP contribution is -2.45. The average Bonchev–Trinajstić information content (AvgIpc) is 1.84. The highest BCUT2D eigenvalue weighted by Crippen LogP contribution is 2.03. The molecule has 0 amide bonds. The fourth-order valence-corrected chi connectivity index (χ4v) is 0.303. The molecule has 0 heterocycles. The molecule has 0 saturated carbocycles. The molecule has 0 fully saturated rings. The van der Waals surface area contributed by atoms with Crippen molar-refractivity contribution in [2.45, 2.75) is 18.6 Å². The first-order valence-electron chi connectivity index (χ1n) is 2.41. The minimum absolute atomic E-state index is 1.65. The zero-order chi connectivity index (χ0) is 8.31. The number of hydrogen-bond donors (Lipinski definition) is 3. The molecule has 10 heavy (non-hydrogen) atoms. The molecule has 0 aliphatic heterocycles. The maximum Gasteiger partial charge on any atom is 0.323 e. The van der Waals surface area contributed by atoms with E-state index in [0.29, 0.717) is 0 Å². The molecule has 0 rings (SSSR count). The van der Waals surface area contributed by atoms with Gasteiger partial charge in [0.05, 0.1) is 0 Å². The monoisotopic (exact) mass is 155 g/mol. The zero-order valence-corrected chi connectivity index (χ0v) is 4.87. The summed E-state index contributed by atoms with van der Waals surface area (Å²) in [5.41, 5.74) is 4.63. The number of aliphatic carboxylic acids is 1. The molecule has 0 spiro atoms. The molecule has 0 bridgehead atoms. The maximum absolute atomic E-state index is 11.4. The van der Waals surface area contributed by atoms with Crippen molar-refractivity contribution in [3.05, 3.63) is 0 Å². The number of aliphatic hydroxyl groups is 1. The van der Waals surface area contributed by atoms with Crippen LogP contribution in [0.2, 0.25) is 0 Å². The van der Waals surface area contributed by atoms with Crippen molar-refractivity contribution in [3.8, 4) is 0 Å². The molecule has 60 valence electrons. The first-order valence-corrected chi connectivity index (χ1v) is 2.41. The lowest BCUT2D eigenvalue weighted by atomic mass is 10.2. The summed E-state index contributed by atoms with van der Waals surface area (Å²) >= 11 is 0. The Kier molecular flexibility index (Phi) is 3.17. The first-order chi connectivity index (χ1) is 4.46. The lowest BCUT2D eigenvalue weighted by molar-refractivity contribution is -0.144. The van der Waals surface area contributed by atoms with Crippen molar-refractivity contribution in [2.75, 3.05) is 0 Å². The van der Waals surface area contributed by atoms with Gasteiger partial charge in [0.15, 0.2) is 0 Å². The normalized spacial score (nSPS) is 16.9. The van der Waals surface area contributed by atoms with Gasteiger partial charge in [0.1, 0.15) is 12.1 Å². The second-order valence-electron chi connectivity index (χ2n) is 1.69. The summed E-state index contributed by atoms with van der Waals surface area (Å²) in [4.78, 5) is 9.83. The number of carbonyl (C=O) groups is 1. The van der Waals surface area contributed by atoms with Crippen LogP contribution in [0.3, 0.4) is 0 Å². The smallest absolute Gasteiger partial charge is 0.323 e. The standard InChI is InChI=1S/C4H7F2NO3/c5-3(6)2(8)1(7)4(9)10/h1-3,8H,7H2,(H,9,10)/t1-,2+/m0/s1. The molecule has 2 atom stereocenters. The molecule has 0 saturated heterocycles. The first kappa shape index (κ1) is 9.25. The highest BCUT2D eigenvalue weighted by Gasteiger charge is 2.29. The number of hydrogen-bond acceptors (Lipinski definition) is 3. The average molecular weight is 155 g/mol. The molecule has 0 aromatic carbocycles. The van der Waals surface area contributed by atoms with E-state index in [0.717, 1.165) is 0 Å². The lowest BCUT2D eigenvalue weighted by Gasteiger charge is -2.12. The summed E-state index contributed by atoms with van der Waals surface area (Å²) in [6.45, 7) is 0. The van der Waals surface area contributed by atoms with Gasteiger partial charge < -0.3 is 15.9 Å². The quantitative estimate of drug-likeness (QED) is 0.489. The van der Waals surface area contributed by atoms with Gasteiger partial charge in [-0.05, 0) is 0 Å². The molecule has 0 radical (unpaired) electrons. The number of alkyl halides is 2. The van der Waals surface area contributed by atoms with E-state index in [1.165, 1.54) is 0 Å². The predicted molar refractivity (Wildman–Crippen MR) is 27.6 cm³/mol. The molecule has 6 heteroatoms. The molecule has 4 N–H and O–H groups in total. The molecule has 0 unspecified atom stereocenters. The number of halogens is 2. The summed E-state index contributed by atoms with van der Waals surface area (Å²) in [5, 5.41) is 16.3. The third-order valence-corrected chi connectivity index (χ3v) is 0.911. The molecular weight excluding hydrogens is 148 g/mol. The Labute approximate surface area is 55.3 Å². The van der Waals surface area contributed by atoms with E-state index < -0.39 is 24.5 Å². The van der Waals surface area contributed by atoms with E-state index >= 15 is 0 Å². The van der Waals surface area contributed by atoms with Crippen LogP contribution in [0.15, 0.2) is 0 Å². The molecule has 0 aliphatic carbocycles. The van der Waals surface area contributed by atoms with E-state index in [9.17, 15) is 13.6 Å². The molecule has 4 nitrogen and oxygen atoms in total. The van der Waals surface area contributed by atoms with Gasteiger partial charge in [0.25, 0.3) is 6.43 Å². The fourth-order valence-electron chi connectivity index (χ4n) is 0.303. The number of rotatable bonds is 3. The molecule has 0 aromatic heterocycles. The predicted octanol–water partition coefficient (Wildman–Crippen LogP) is -0.976. The minimum atomic E-state index is -3.12. The van der Waals surface area contributed by atoms with Crippen molar-refractivity contribution < 1.29 is 23.8 Å². The number of carboxylic acid groups (broad SMARTS) is 1. The number of carboxylic acids is 1. The van der Waals surface area contributed by atoms with Crippen LogP contribution in [0, 0.1) is 0 Å². The number of nitrogens with two attached hydrogens (primary N) is 1. The summed E-state index contributed by atoms with van der Waals surface area (Å²) in [7, 11) is 0. The van der Waals surface area contributed by atoms with Crippen LogP contribution in [0.5, 0.6) is 0 Å². The van der Waals surface area contributed by atoms with Gasteiger partial charge in [-0.1, -0.05) is 0 Å². The maximum atomic E-state index is 11.4. The second-order valence-corrected chi connectivity index (χ2v) is 1.69. The van der Waals surface area contributed by atoms with Crippen LogP contribution in [0.25, 0.3) is 0 Å². The van der Waals surface area contributed by atoms with Crippen molar-refractivity contribution >= 4 is 5.97 Å². The van der Waals surface area contributed by atoms with Gasteiger partial charge in [-0.25, -0.2) is 8.78 Å². The summed E-state index contributed by atoms with van der Waals surface area (Å²) in [6, 6.07) is -1.92. The highest BCUT2D eigenvalue weighted by atomic mass is 19.3. The van der Waals surface area contributed by atoms with Crippen molar-refractivity contribution in [1.29, 1.82) is 0 Å². The number of aliphatic hydroxyl groups excluding tert-OH is 1. The highest BCUT2D eigenvalue weighted by molar-refractivity contribution is 5.73. The fraction of sp³-hybridized carbons (Fsp3) is 0.750. The third kappa shape index (κ3) is 2.24. The Morgan fingerprint density at radius 1 is 1.50 bits per heavy atom. The van der Waals surface area contributed by atoms with Crippen molar-refractivity contribution in [1.82, 2.24) is 0 Å². The Morgan fingerprint density at radius 3 is 2.00 bits per heavy atom. The van der Waals surface area contributed by atoms with Gasteiger partial charge in [-0.15, -0.1) is 0 Å². The van der Waals surface area contributed by atoms with Crippen molar-refractivity contribution in [3.63, 3.8) is 0 Å². The van der Waals surface area contributed by atoms with E-state index in [4.69, 9.17) is 10.2 Å². The molecule has 0 aromatic rings. The Hall–Kier alpha value is -0.750. The third-order valence-electron chi connectivity index (χ3n) is 0.911. The SMILES string of the molecule is N[C@H](C(=O)O)[C@@H](O)C(F)F. The topological polar surface area (TPSA) is 83.6 Å².